The molecule has 3 aromatic rings. The number of aromatic amines is 1. The van der Waals surface area contributed by atoms with Crippen LogP contribution in [0.1, 0.15) is 41.4 Å². The van der Waals surface area contributed by atoms with E-state index < -0.39 is 0 Å². The van der Waals surface area contributed by atoms with Crippen LogP contribution in [0, 0.1) is 5.92 Å². The maximum atomic E-state index is 13.0. The first-order valence-corrected chi connectivity index (χ1v) is 11.8. The van der Waals surface area contributed by atoms with Crippen molar-refractivity contribution in [2.24, 2.45) is 5.92 Å². The molecule has 11 heteroatoms. The van der Waals surface area contributed by atoms with Crippen LogP contribution in [0.15, 0.2) is 36.7 Å². The van der Waals surface area contributed by atoms with E-state index in [0.29, 0.717) is 72.7 Å². The Balaban J connectivity index is 1.19. The van der Waals surface area contributed by atoms with Crippen molar-refractivity contribution in [1.82, 2.24) is 30.4 Å². The lowest BCUT2D eigenvalue weighted by atomic mass is 9.94. The van der Waals surface area contributed by atoms with Gasteiger partial charge in [-0.3, -0.25) is 14.7 Å². The van der Waals surface area contributed by atoms with Crippen LogP contribution < -0.4 is 14.8 Å². The minimum Gasteiger partial charge on any atom is -0.481 e. The fourth-order valence-corrected chi connectivity index (χ4v) is 4.67. The molecule has 0 bridgehead atoms. The number of rotatable bonds is 5. The third-order valence-electron chi connectivity index (χ3n) is 6.41. The molecule has 2 amide bonds. The van der Waals surface area contributed by atoms with Gasteiger partial charge in [-0.05, 0) is 25.0 Å². The molecule has 1 atom stereocenters. The molecule has 5 rings (SSSR count). The van der Waals surface area contributed by atoms with Gasteiger partial charge in [-0.25, -0.2) is 9.97 Å². The normalized spacial score (nSPS) is 17.9. The van der Waals surface area contributed by atoms with Gasteiger partial charge in [0.05, 0.1) is 36.7 Å². The molecule has 0 aliphatic carbocycles. The van der Waals surface area contributed by atoms with E-state index in [4.69, 9.17) is 21.1 Å². The molecule has 1 saturated heterocycles. The van der Waals surface area contributed by atoms with Crippen molar-refractivity contribution in [3.05, 3.63) is 52.9 Å². The second kappa shape index (κ2) is 9.91. The number of methoxy groups -OCH3 is 1. The molecule has 0 aromatic carbocycles. The first kappa shape index (κ1) is 23.1. The first-order chi connectivity index (χ1) is 17.0. The quantitative estimate of drug-likeness (QED) is 0.556. The number of nitrogens with one attached hydrogen (secondary N) is 2. The Morgan fingerprint density at radius 2 is 2.06 bits per heavy atom. The lowest BCUT2D eigenvalue weighted by Gasteiger charge is -2.32. The molecule has 2 N–H and O–H groups in total. The molecule has 2 aliphatic rings. The zero-order chi connectivity index (χ0) is 24.4. The predicted molar refractivity (Wildman–Crippen MR) is 127 cm³/mol. The summed E-state index contributed by atoms with van der Waals surface area (Å²) in [5.41, 5.74) is 2.41. The highest BCUT2D eigenvalue weighted by molar-refractivity contribution is 6.33. The fourth-order valence-electron chi connectivity index (χ4n) is 4.47. The number of amides is 2. The third kappa shape index (κ3) is 4.79. The summed E-state index contributed by atoms with van der Waals surface area (Å²) in [4.78, 5) is 36.0. The highest BCUT2D eigenvalue weighted by atomic mass is 35.5. The number of hydrogen-bond acceptors (Lipinski definition) is 7. The Morgan fingerprint density at radius 1 is 1.23 bits per heavy atom. The van der Waals surface area contributed by atoms with Crippen molar-refractivity contribution < 1.29 is 19.1 Å². The number of ether oxygens (including phenoxy) is 2. The second-order valence-corrected chi connectivity index (χ2v) is 8.94. The van der Waals surface area contributed by atoms with E-state index in [1.54, 1.807) is 23.2 Å². The predicted octanol–water partition coefficient (Wildman–Crippen LogP) is 3.02. The van der Waals surface area contributed by atoms with Crippen LogP contribution in [0.4, 0.5) is 0 Å². The van der Waals surface area contributed by atoms with Crippen LogP contribution in [-0.2, 0) is 4.79 Å². The van der Waals surface area contributed by atoms with Gasteiger partial charge in [-0.1, -0.05) is 17.7 Å². The Hall–Kier alpha value is -3.66. The summed E-state index contributed by atoms with van der Waals surface area (Å²) in [5.74, 6) is 0.673. The average molecular weight is 497 g/mol. The van der Waals surface area contributed by atoms with E-state index in [2.05, 4.69) is 25.5 Å². The smallest absolute Gasteiger partial charge is 0.271 e. The second-order valence-electron chi connectivity index (χ2n) is 8.54. The molecular weight excluding hydrogens is 472 g/mol. The summed E-state index contributed by atoms with van der Waals surface area (Å²) in [6.07, 6.45) is 5.06. The maximum absolute atomic E-state index is 13.0. The number of aromatic nitrogens is 4. The van der Waals surface area contributed by atoms with Crippen LogP contribution in [0.3, 0.4) is 0 Å². The maximum Gasteiger partial charge on any atom is 0.271 e. The van der Waals surface area contributed by atoms with Gasteiger partial charge < -0.3 is 19.7 Å². The molecule has 2 aliphatic heterocycles. The molecule has 1 unspecified atom stereocenters. The monoisotopic (exact) mass is 496 g/mol. The number of piperidine rings is 1. The molecule has 35 heavy (non-hydrogen) atoms. The molecule has 1 fully saturated rings. The van der Waals surface area contributed by atoms with Gasteiger partial charge in [0.1, 0.15) is 5.69 Å². The largest absolute Gasteiger partial charge is 0.481 e. The number of fused-ring (bicyclic) bond motifs is 1. The van der Waals surface area contributed by atoms with Gasteiger partial charge in [-0.2, -0.15) is 5.10 Å². The standard InChI is InChI=1S/C24H25ClN6O4/c1-34-21-11-16(17(25)13-27-21)19-12-20(30-29-19)24(33)31-8-4-14(5-9-31)22(32)28-18-6-10-35-23-15(18)3-2-7-26-23/h2-3,7,11-14,18H,4-6,8-10H2,1H3,(H,28,32)(H,29,30). The number of pyridine rings is 2. The van der Waals surface area contributed by atoms with Crippen molar-refractivity contribution in [2.75, 3.05) is 26.8 Å². The number of halogens is 1. The summed E-state index contributed by atoms with van der Waals surface area (Å²) >= 11 is 6.25. The van der Waals surface area contributed by atoms with Gasteiger partial charge in [0, 0.05) is 48.8 Å². The van der Waals surface area contributed by atoms with Gasteiger partial charge in [-0.15, -0.1) is 0 Å². The average Bonchev–Trinajstić information content (AvgIpc) is 3.39. The van der Waals surface area contributed by atoms with E-state index in [1.807, 2.05) is 12.1 Å². The van der Waals surface area contributed by atoms with Crippen molar-refractivity contribution in [2.45, 2.75) is 25.3 Å². The highest BCUT2D eigenvalue weighted by Crippen LogP contribution is 2.31. The minimum atomic E-state index is -0.163. The fraction of sp³-hybridized carbons (Fsp3) is 0.375. The number of nitrogens with zero attached hydrogens (tertiary/aromatic N) is 4. The van der Waals surface area contributed by atoms with E-state index in [9.17, 15) is 9.59 Å². The van der Waals surface area contributed by atoms with Crippen molar-refractivity contribution in [3.63, 3.8) is 0 Å². The van der Waals surface area contributed by atoms with Gasteiger partial charge >= 0.3 is 0 Å². The SMILES string of the molecule is COc1cc(-c2cc(C(=O)N3CCC(C(=O)NC4CCOc5ncccc54)CC3)[nH]n2)c(Cl)cn1. The molecular formula is C24H25ClN6O4. The van der Waals surface area contributed by atoms with Gasteiger partial charge in [0.15, 0.2) is 0 Å². The van der Waals surface area contributed by atoms with E-state index >= 15 is 0 Å². The number of likely N-dealkylation sites (tertiary alicyclic amines) is 1. The molecule has 182 valence electrons. The first-order valence-electron chi connectivity index (χ1n) is 11.5. The highest BCUT2D eigenvalue weighted by Gasteiger charge is 2.31. The van der Waals surface area contributed by atoms with Gasteiger partial charge in [0.25, 0.3) is 5.91 Å². The van der Waals surface area contributed by atoms with Crippen LogP contribution in [-0.4, -0.2) is 63.7 Å². The third-order valence-corrected chi connectivity index (χ3v) is 6.72. The minimum absolute atomic E-state index is 0.00362. The molecule has 3 aromatic heterocycles. The Morgan fingerprint density at radius 3 is 2.86 bits per heavy atom. The van der Waals surface area contributed by atoms with E-state index in [-0.39, 0.29) is 23.8 Å². The molecule has 10 nitrogen and oxygen atoms in total. The summed E-state index contributed by atoms with van der Waals surface area (Å²) in [7, 11) is 1.52. The Bertz CT molecular complexity index is 1240. The van der Waals surface area contributed by atoms with Crippen LogP contribution in [0.2, 0.25) is 5.02 Å². The number of H-pyrrole nitrogens is 1. The summed E-state index contributed by atoms with van der Waals surface area (Å²) in [5, 5.41) is 10.6. The zero-order valence-electron chi connectivity index (χ0n) is 19.2. The molecule has 0 saturated carbocycles. The molecule has 5 heterocycles. The van der Waals surface area contributed by atoms with E-state index in [1.165, 1.54) is 13.3 Å². The van der Waals surface area contributed by atoms with Crippen molar-refractivity contribution in [3.8, 4) is 23.0 Å². The summed E-state index contributed by atoms with van der Waals surface area (Å²) in [6, 6.07) is 7.00. The van der Waals surface area contributed by atoms with Crippen LogP contribution in [0.5, 0.6) is 11.8 Å². The van der Waals surface area contributed by atoms with E-state index in [0.717, 1.165) is 5.56 Å². The van der Waals surface area contributed by atoms with Crippen molar-refractivity contribution >= 4 is 23.4 Å². The molecule has 0 radical (unpaired) electrons. The van der Waals surface area contributed by atoms with Crippen molar-refractivity contribution in [1.29, 1.82) is 0 Å². The zero-order valence-corrected chi connectivity index (χ0v) is 19.9. The topological polar surface area (TPSA) is 122 Å². The summed E-state index contributed by atoms with van der Waals surface area (Å²) in [6.45, 7) is 1.49. The number of carbonyl (C=O) groups excluding carboxylic acids is 2. The molecule has 0 spiro atoms. The lowest BCUT2D eigenvalue weighted by Crippen LogP contribution is -2.44. The van der Waals surface area contributed by atoms with Crippen LogP contribution >= 0.6 is 11.6 Å². The Kier molecular flexibility index (Phi) is 6.54. The Labute approximate surface area is 207 Å². The number of hydrogen-bond donors (Lipinski definition) is 2. The van der Waals surface area contributed by atoms with Crippen LogP contribution in [0.25, 0.3) is 11.3 Å². The lowest BCUT2D eigenvalue weighted by molar-refractivity contribution is -0.127. The van der Waals surface area contributed by atoms with Gasteiger partial charge in [0.2, 0.25) is 17.7 Å². The number of carbonyl (C=O) groups is 2. The summed E-state index contributed by atoms with van der Waals surface area (Å²) < 4.78 is 10.7.